The van der Waals surface area contributed by atoms with Crippen LogP contribution in [0.3, 0.4) is 0 Å². The van der Waals surface area contributed by atoms with Crippen LogP contribution in [0.2, 0.25) is 0 Å². The molecule has 0 aliphatic rings. The average molecular weight is 272 g/mol. The molecule has 0 saturated carbocycles. The standard InChI is InChI=1S/C15H16N2O3/c18-17(19)11-15(14-9-5-2-6-10-14)16-20-12-13-7-3-1-4-8-13/h1-10,15-16H,11-12H2/t15-/m0/s1. The van der Waals surface area contributed by atoms with E-state index in [9.17, 15) is 10.1 Å². The number of hydrogen-bond donors (Lipinski definition) is 1. The number of rotatable bonds is 7. The van der Waals surface area contributed by atoms with Gasteiger partial charge < -0.3 is 0 Å². The molecule has 1 N–H and O–H groups in total. The Hall–Kier alpha value is -2.24. The van der Waals surface area contributed by atoms with Crippen molar-refractivity contribution in [2.45, 2.75) is 12.6 Å². The highest BCUT2D eigenvalue weighted by molar-refractivity contribution is 5.18. The Morgan fingerprint density at radius 1 is 1.05 bits per heavy atom. The highest BCUT2D eigenvalue weighted by Crippen LogP contribution is 2.13. The first-order valence-electron chi connectivity index (χ1n) is 6.33. The first-order chi connectivity index (χ1) is 9.75. The maximum Gasteiger partial charge on any atom is 0.225 e. The van der Waals surface area contributed by atoms with Crippen molar-refractivity contribution in [2.24, 2.45) is 0 Å². The summed E-state index contributed by atoms with van der Waals surface area (Å²) in [6.07, 6.45) is 0. The Kier molecular flexibility index (Phi) is 5.23. The van der Waals surface area contributed by atoms with Gasteiger partial charge in [-0.15, -0.1) is 0 Å². The predicted octanol–water partition coefficient (Wildman–Crippen LogP) is 2.73. The van der Waals surface area contributed by atoms with Crippen LogP contribution >= 0.6 is 0 Å². The number of hydroxylamine groups is 1. The van der Waals surface area contributed by atoms with Crippen molar-refractivity contribution in [1.82, 2.24) is 5.48 Å². The smallest absolute Gasteiger partial charge is 0.225 e. The molecule has 104 valence electrons. The van der Waals surface area contributed by atoms with Crippen LogP contribution in [0.15, 0.2) is 60.7 Å². The fourth-order valence-corrected chi connectivity index (χ4v) is 1.84. The van der Waals surface area contributed by atoms with Crippen LogP contribution in [0.25, 0.3) is 0 Å². The molecule has 0 bridgehead atoms. The van der Waals surface area contributed by atoms with Crippen LogP contribution in [-0.4, -0.2) is 11.5 Å². The maximum absolute atomic E-state index is 10.7. The van der Waals surface area contributed by atoms with Gasteiger partial charge in [0.25, 0.3) is 0 Å². The zero-order valence-electron chi connectivity index (χ0n) is 10.9. The Morgan fingerprint density at radius 2 is 1.65 bits per heavy atom. The summed E-state index contributed by atoms with van der Waals surface area (Å²) in [6.45, 7) is 0.140. The average Bonchev–Trinajstić information content (AvgIpc) is 2.48. The second-order valence-electron chi connectivity index (χ2n) is 4.37. The zero-order chi connectivity index (χ0) is 14.2. The van der Waals surface area contributed by atoms with Crippen LogP contribution in [0.1, 0.15) is 17.2 Å². The molecule has 1 atom stereocenters. The van der Waals surface area contributed by atoms with Gasteiger partial charge in [-0.1, -0.05) is 60.7 Å². The summed E-state index contributed by atoms with van der Waals surface area (Å²) in [7, 11) is 0. The molecule has 0 heterocycles. The van der Waals surface area contributed by atoms with E-state index in [1.54, 1.807) is 0 Å². The first kappa shape index (κ1) is 14.2. The highest BCUT2D eigenvalue weighted by atomic mass is 16.7. The summed E-state index contributed by atoms with van der Waals surface area (Å²) in [4.78, 5) is 15.8. The molecule has 0 unspecified atom stereocenters. The lowest BCUT2D eigenvalue weighted by Crippen LogP contribution is -2.28. The number of nitro groups is 1. The van der Waals surface area contributed by atoms with E-state index in [0.717, 1.165) is 11.1 Å². The summed E-state index contributed by atoms with van der Waals surface area (Å²) in [6, 6.07) is 18.4. The van der Waals surface area contributed by atoms with Crippen LogP contribution in [0.4, 0.5) is 0 Å². The Bertz CT molecular complexity index is 531. The fraction of sp³-hybridized carbons (Fsp3) is 0.200. The third-order valence-electron chi connectivity index (χ3n) is 2.84. The Morgan fingerprint density at radius 3 is 2.25 bits per heavy atom. The maximum atomic E-state index is 10.7. The highest BCUT2D eigenvalue weighted by Gasteiger charge is 2.17. The van der Waals surface area contributed by atoms with E-state index in [0.29, 0.717) is 6.61 Å². The van der Waals surface area contributed by atoms with Gasteiger partial charge in [0, 0.05) is 4.92 Å². The van der Waals surface area contributed by atoms with Gasteiger partial charge in [-0.05, 0) is 11.1 Å². The monoisotopic (exact) mass is 272 g/mol. The van der Waals surface area contributed by atoms with Gasteiger partial charge in [0.1, 0.15) is 6.04 Å². The second kappa shape index (κ2) is 7.37. The van der Waals surface area contributed by atoms with Gasteiger partial charge >= 0.3 is 0 Å². The van der Waals surface area contributed by atoms with E-state index in [1.165, 1.54) is 0 Å². The minimum Gasteiger partial charge on any atom is -0.296 e. The lowest BCUT2D eigenvalue weighted by molar-refractivity contribution is -0.486. The molecule has 0 radical (unpaired) electrons. The molecule has 2 rings (SSSR count). The van der Waals surface area contributed by atoms with Gasteiger partial charge in [0.15, 0.2) is 0 Å². The SMILES string of the molecule is O=[N+]([O-])C[C@H](NOCc1ccccc1)c1ccccc1. The van der Waals surface area contributed by atoms with E-state index in [1.807, 2.05) is 60.7 Å². The molecule has 0 spiro atoms. The van der Waals surface area contributed by atoms with E-state index < -0.39 is 6.04 Å². The molecule has 0 fully saturated rings. The summed E-state index contributed by atoms with van der Waals surface area (Å²) >= 11 is 0. The zero-order valence-corrected chi connectivity index (χ0v) is 10.9. The van der Waals surface area contributed by atoms with Gasteiger partial charge in [0.2, 0.25) is 6.54 Å². The van der Waals surface area contributed by atoms with Gasteiger partial charge in [-0.25, -0.2) is 0 Å². The molecule has 5 heteroatoms. The van der Waals surface area contributed by atoms with Gasteiger partial charge in [-0.3, -0.25) is 15.0 Å². The van der Waals surface area contributed by atoms with Gasteiger partial charge in [-0.2, -0.15) is 5.48 Å². The molecule has 0 saturated heterocycles. The summed E-state index contributed by atoms with van der Waals surface area (Å²) in [5.41, 5.74) is 4.61. The first-order valence-corrected chi connectivity index (χ1v) is 6.33. The summed E-state index contributed by atoms with van der Waals surface area (Å²) < 4.78 is 0. The quantitative estimate of drug-likeness (QED) is 0.621. The molecule has 0 amide bonds. The number of hydrogen-bond acceptors (Lipinski definition) is 4. The Balaban J connectivity index is 1.93. The normalized spacial score (nSPS) is 12.0. The molecule has 0 aliphatic heterocycles. The van der Waals surface area contributed by atoms with E-state index >= 15 is 0 Å². The molecule has 5 nitrogen and oxygen atoms in total. The van der Waals surface area contributed by atoms with Crippen molar-refractivity contribution in [1.29, 1.82) is 0 Å². The number of nitrogens with one attached hydrogen (secondary N) is 1. The minimum atomic E-state index is -0.463. The topological polar surface area (TPSA) is 64.4 Å². The minimum absolute atomic E-state index is 0.223. The molecule has 2 aromatic carbocycles. The van der Waals surface area contributed by atoms with Crippen molar-refractivity contribution < 1.29 is 9.76 Å². The van der Waals surface area contributed by atoms with Crippen molar-refractivity contribution in [3.8, 4) is 0 Å². The molecular weight excluding hydrogens is 256 g/mol. The van der Waals surface area contributed by atoms with Crippen molar-refractivity contribution in [3.05, 3.63) is 81.9 Å². The lowest BCUT2D eigenvalue weighted by atomic mass is 10.1. The molecule has 0 aromatic heterocycles. The van der Waals surface area contributed by atoms with Crippen LogP contribution < -0.4 is 5.48 Å². The van der Waals surface area contributed by atoms with Crippen molar-refractivity contribution in [3.63, 3.8) is 0 Å². The third-order valence-corrected chi connectivity index (χ3v) is 2.84. The van der Waals surface area contributed by atoms with Crippen LogP contribution in [-0.2, 0) is 11.4 Å². The number of nitrogens with zero attached hydrogens (tertiary/aromatic N) is 1. The summed E-state index contributed by atoms with van der Waals surface area (Å²) in [5.74, 6) is 0. The third kappa shape index (κ3) is 4.46. The Labute approximate surface area is 117 Å². The molecule has 20 heavy (non-hydrogen) atoms. The largest absolute Gasteiger partial charge is 0.296 e. The summed E-state index contributed by atoms with van der Waals surface area (Å²) in [5, 5.41) is 10.7. The van der Waals surface area contributed by atoms with Gasteiger partial charge in [0.05, 0.1) is 6.61 Å². The van der Waals surface area contributed by atoms with E-state index in [-0.39, 0.29) is 11.5 Å². The van der Waals surface area contributed by atoms with E-state index in [4.69, 9.17) is 4.84 Å². The molecular formula is C15H16N2O3. The fourth-order valence-electron chi connectivity index (χ4n) is 1.84. The second-order valence-corrected chi connectivity index (χ2v) is 4.37. The van der Waals surface area contributed by atoms with E-state index in [2.05, 4.69) is 5.48 Å². The van der Waals surface area contributed by atoms with Crippen LogP contribution in [0, 0.1) is 10.1 Å². The van der Waals surface area contributed by atoms with Crippen molar-refractivity contribution in [2.75, 3.05) is 6.54 Å². The van der Waals surface area contributed by atoms with Crippen LogP contribution in [0.5, 0.6) is 0 Å². The molecule has 0 aliphatic carbocycles. The lowest BCUT2D eigenvalue weighted by Gasteiger charge is -2.15. The number of benzene rings is 2. The predicted molar refractivity (Wildman–Crippen MR) is 75.4 cm³/mol. The van der Waals surface area contributed by atoms with Crippen molar-refractivity contribution >= 4 is 0 Å². The molecule has 2 aromatic rings.